The highest BCUT2D eigenvalue weighted by atomic mass is 16.5. The highest BCUT2D eigenvalue weighted by Gasteiger charge is 2.25. The number of hydrogen-bond acceptors (Lipinski definition) is 3. The van der Waals surface area contributed by atoms with Gasteiger partial charge in [-0.05, 0) is 37.8 Å². The zero-order valence-corrected chi connectivity index (χ0v) is 13.0. The summed E-state index contributed by atoms with van der Waals surface area (Å²) in [4.78, 5) is 19.1. The van der Waals surface area contributed by atoms with E-state index in [1.807, 2.05) is 48.2 Å². The van der Waals surface area contributed by atoms with E-state index in [4.69, 9.17) is 4.74 Å². The first-order valence-electron chi connectivity index (χ1n) is 8.00. The molecular weight excluding hydrogens is 276 g/mol. The monoisotopic (exact) mass is 298 g/mol. The van der Waals surface area contributed by atoms with Gasteiger partial charge < -0.3 is 9.64 Å². The molecule has 0 radical (unpaired) electrons. The largest absolute Gasteiger partial charge is 0.381 e. The number of hydrogen-bond donors (Lipinski definition) is 0. The van der Waals surface area contributed by atoms with Crippen molar-refractivity contribution in [2.75, 3.05) is 26.3 Å². The van der Waals surface area contributed by atoms with E-state index >= 15 is 0 Å². The molecule has 1 fully saturated rings. The minimum absolute atomic E-state index is 0.0342. The summed E-state index contributed by atoms with van der Waals surface area (Å²) >= 11 is 0. The first-order valence-corrected chi connectivity index (χ1v) is 8.00. The number of likely N-dealkylation sites (tertiary alicyclic amines) is 1. The molecule has 1 aliphatic rings. The van der Waals surface area contributed by atoms with Crippen LogP contribution in [0.4, 0.5) is 0 Å². The molecule has 1 atom stereocenters. The highest BCUT2D eigenvalue weighted by Crippen LogP contribution is 2.19. The van der Waals surface area contributed by atoms with Gasteiger partial charge >= 0.3 is 0 Å². The molecule has 0 aliphatic carbocycles. The number of benzene rings is 1. The third-order valence-electron chi connectivity index (χ3n) is 4.18. The highest BCUT2D eigenvalue weighted by molar-refractivity contribution is 5.94. The Hall–Kier alpha value is -1.94. The van der Waals surface area contributed by atoms with E-state index in [1.165, 1.54) is 0 Å². The lowest BCUT2D eigenvalue weighted by Crippen LogP contribution is -2.41. The van der Waals surface area contributed by atoms with Gasteiger partial charge in [0.15, 0.2) is 0 Å². The van der Waals surface area contributed by atoms with Gasteiger partial charge in [-0.15, -0.1) is 0 Å². The summed E-state index contributed by atoms with van der Waals surface area (Å²) < 4.78 is 5.51. The van der Waals surface area contributed by atoms with Gasteiger partial charge in [0.05, 0.1) is 12.1 Å². The third kappa shape index (κ3) is 3.28. The van der Waals surface area contributed by atoms with Crippen molar-refractivity contribution in [1.29, 1.82) is 0 Å². The quantitative estimate of drug-likeness (QED) is 0.871. The van der Waals surface area contributed by atoms with E-state index in [-0.39, 0.29) is 5.91 Å². The van der Waals surface area contributed by atoms with Gasteiger partial charge in [-0.25, -0.2) is 4.98 Å². The second-order valence-corrected chi connectivity index (χ2v) is 5.81. The van der Waals surface area contributed by atoms with Crippen LogP contribution in [0.3, 0.4) is 0 Å². The van der Waals surface area contributed by atoms with Crippen LogP contribution in [0.25, 0.3) is 10.9 Å². The van der Waals surface area contributed by atoms with Crippen LogP contribution in [0, 0.1) is 5.92 Å². The average molecular weight is 298 g/mol. The summed E-state index contributed by atoms with van der Waals surface area (Å²) in [5, 5.41) is 1.06. The number of ether oxygens (including phenoxy) is 1. The molecule has 1 aromatic heterocycles. The lowest BCUT2D eigenvalue weighted by molar-refractivity contribution is 0.0497. The molecule has 2 heterocycles. The van der Waals surface area contributed by atoms with Gasteiger partial charge in [0.2, 0.25) is 0 Å². The van der Waals surface area contributed by atoms with E-state index in [2.05, 4.69) is 4.98 Å². The van der Waals surface area contributed by atoms with Gasteiger partial charge in [0.1, 0.15) is 5.69 Å². The first-order chi connectivity index (χ1) is 10.8. The number of amides is 1. The average Bonchev–Trinajstić information content (AvgIpc) is 2.59. The maximum Gasteiger partial charge on any atom is 0.272 e. The number of aromatic nitrogens is 1. The molecule has 2 aromatic rings. The Labute approximate surface area is 131 Å². The number of piperidine rings is 1. The van der Waals surface area contributed by atoms with E-state index in [0.29, 0.717) is 11.6 Å². The summed E-state index contributed by atoms with van der Waals surface area (Å²) in [6.07, 6.45) is 2.17. The Kier molecular flexibility index (Phi) is 4.68. The Morgan fingerprint density at radius 1 is 1.32 bits per heavy atom. The van der Waals surface area contributed by atoms with E-state index in [9.17, 15) is 4.79 Å². The number of nitrogens with zero attached hydrogens (tertiary/aromatic N) is 2. The first kappa shape index (κ1) is 15.0. The molecule has 22 heavy (non-hydrogen) atoms. The number of fused-ring (bicyclic) bond motifs is 1. The molecule has 4 nitrogen and oxygen atoms in total. The number of para-hydroxylation sites is 1. The van der Waals surface area contributed by atoms with Crippen molar-refractivity contribution in [1.82, 2.24) is 9.88 Å². The molecule has 1 aliphatic heterocycles. The fourth-order valence-corrected chi connectivity index (χ4v) is 3.02. The summed E-state index contributed by atoms with van der Waals surface area (Å²) in [7, 11) is 0. The van der Waals surface area contributed by atoms with Crippen LogP contribution in [0.2, 0.25) is 0 Å². The molecule has 1 unspecified atom stereocenters. The molecule has 1 aromatic carbocycles. The number of carbonyl (C=O) groups excluding carboxylic acids is 1. The lowest BCUT2D eigenvalue weighted by Gasteiger charge is -2.32. The SMILES string of the molecule is CCOCC1CCCN(C(=O)c2ccc3ccccc3n2)C1. The molecule has 0 saturated carbocycles. The van der Waals surface area contributed by atoms with Crippen molar-refractivity contribution in [2.45, 2.75) is 19.8 Å². The zero-order valence-electron chi connectivity index (χ0n) is 13.0. The van der Waals surface area contributed by atoms with Gasteiger partial charge in [-0.1, -0.05) is 24.3 Å². The zero-order chi connectivity index (χ0) is 15.4. The summed E-state index contributed by atoms with van der Waals surface area (Å²) in [5.74, 6) is 0.477. The Morgan fingerprint density at radius 2 is 2.18 bits per heavy atom. The maximum atomic E-state index is 12.7. The second-order valence-electron chi connectivity index (χ2n) is 5.81. The van der Waals surface area contributed by atoms with Crippen molar-refractivity contribution in [2.24, 2.45) is 5.92 Å². The summed E-state index contributed by atoms with van der Waals surface area (Å²) in [5.41, 5.74) is 1.41. The van der Waals surface area contributed by atoms with Crippen molar-refractivity contribution in [3.05, 3.63) is 42.1 Å². The molecule has 0 spiro atoms. The normalized spacial score (nSPS) is 18.6. The molecule has 1 amide bonds. The second kappa shape index (κ2) is 6.88. The lowest BCUT2D eigenvalue weighted by atomic mass is 9.98. The summed E-state index contributed by atoms with van der Waals surface area (Å²) in [6.45, 7) is 5.07. The van der Waals surface area contributed by atoms with Crippen molar-refractivity contribution in [3.8, 4) is 0 Å². The number of carbonyl (C=O) groups is 1. The van der Waals surface area contributed by atoms with Crippen LogP contribution in [-0.2, 0) is 4.74 Å². The fraction of sp³-hybridized carbons (Fsp3) is 0.444. The van der Waals surface area contributed by atoms with Gasteiger partial charge in [-0.3, -0.25) is 4.79 Å². The molecule has 0 bridgehead atoms. The predicted octanol–water partition coefficient (Wildman–Crippen LogP) is 3.12. The van der Waals surface area contributed by atoms with Gasteiger partial charge in [0, 0.05) is 25.1 Å². The molecule has 116 valence electrons. The summed E-state index contributed by atoms with van der Waals surface area (Å²) in [6, 6.07) is 11.7. The Balaban J connectivity index is 1.74. The number of pyridine rings is 1. The van der Waals surface area contributed by atoms with E-state index in [0.717, 1.165) is 50.0 Å². The van der Waals surface area contributed by atoms with Crippen molar-refractivity contribution < 1.29 is 9.53 Å². The topological polar surface area (TPSA) is 42.4 Å². The minimum Gasteiger partial charge on any atom is -0.381 e. The van der Waals surface area contributed by atoms with Crippen molar-refractivity contribution >= 4 is 16.8 Å². The molecule has 1 saturated heterocycles. The molecule has 0 N–H and O–H groups in total. The predicted molar refractivity (Wildman–Crippen MR) is 86.9 cm³/mol. The smallest absolute Gasteiger partial charge is 0.272 e. The van der Waals surface area contributed by atoms with Gasteiger partial charge in [-0.2, -0.15) is 0 Å². The van der Waals surface area contributed by atoms with Crippen LogP contribution in [0.15, 0.2) is 36.4 Å². The minimum atomic E-state index is 0.0342. The third-order valence-corrected chi connectivity index (χ3v) is 4.18. The standard InChI is InChI=1S/C18H22N2O2/c1-2-22-13-14-6-5-11-20(12-14)18(21)17-10-9-15-7-3-4-8-16(15)19-17/h3-4,7-10,14H,2,5-6,11-13H2,1H3. The Morgan fingerprint density at radius 3 is 3.05 bits per heavy atom. The van der Waals surface area contributed by atoms with Crippen LogP contribution in [0.1, 0.15) is 30.3 Å². The van der Waals surface area contributed by atoms with Crippen LogP contribution < -0.4 is 0 Å². The number of rotatable bonds is 4. The van der Waals surface area contributed by atoms with E-state index < -0.39 is 0 Å². The molecule has 3 rings (SSSR count). The Bertz CT molecular complexity index is 656. The fourth-order valence-electron chi connectivity index (χ4n) is 3.02. The molecule has 4 heteroatoms. The van der Waals surface area contributed by atoms with Crippen LogP contribution in [-0.4, -0.2) is 42.1 Å². The van der Waals surface area contributed by atoms with Crippen molar-refractivity contribution in [3.63, 3.8) is 0 Å². The van der Waals surface area contributed by atoms with E-state index in [1.54, 1.807) is 0 Å². The maximum absolute atomic E-state index is 12.7. The van der Waals surface area contributed by atoms with Crippen LogP contribution >= 0.6 is 0 Å². The molecular formula is C18H22N2O2. The van der Waals surface area contributed by atoms with Crippen LogP contribution in [0.5, 0.6) is 0 Å². The van der Waals surface area contributed by atoms with Gasteiger partial charge in [0.25, 0.3) is 5.91 Å².